The molecular formula is C25H28N4O5S. The Hall–Kier alpha value is -3.66. The fourth-order valence-corrected chi connectivity index (χ4v) is 5.42. The van der Waals surface area contributed by atoms with Crippen molar-refractivity contribution in [2.24, 2.45) is 0 Å². The molecule has 0 saturated heterocycles. The van der Waals surface area contributed by atoms with E-state index in [9.17, 15) is 18.0 Å². The molecule has 0 aliphatic carbocycles. The molecule has 2 aromatic carbocycles. The number of nitrogens with one attached hydrogen (secondary N) is 2. The van der Waals surface area contributed by atoms with Gasteiger partial charge in [0.1, 0.15) is 16.5 Å². The first-order valence-corrected chi connectivity index (χ1v) is 12.9. The Labute approximate surface area is 204 Å². The number of hydrogen-bond acceptors (Lipinski definition) is 6. The summed E-state index contributed by atoms with van der Waals surface area (Å²) < 4.78 is 36.2. The van der Waals surface area contributed by atoms with Crippen LogP contribution in [0.3, 0.4) is 0 Å². The molecule has 1 aromatic heterocycles. The number of rotatable bonds is 7. The van der Waals surface area contributed by atoms with Crippen molar-refractivity contribution in [3.05, 3.63) is 53.2 Å². The molecule has 4 rings (SSSR count). The minimum Gasteiger partial charge on any atom is -0.495 e. The SMILES string of the molecule is CCCc1nn2c(c1-c1ccc(OC)c(S(=O)(=O)Nc3cccc(C)c3C)c1)NC(=O)CCC2=O. The Bertz CT molecular complexity index is 1430. The van der Waals surface area contributed by atoms with Gasteiger partial charge in [-0.05, 0) is 55.2 Å². The van der Waals surface area contributed by atoms with Gasteiger partial charge in [0.05, 0.1) is 18.5 Å². The maximum absolute atomic E-state index is 13.5. The number of amides is 1. The third-order valence-electron chi connectivity index (χ3n) is 6.10. The fraction of sp³-hybridized carbons (Fsp3) is 0.320. The van der Waals surface area contributed by atoms with Gasteiger partial charge in [0.15, 0.2) is 0 Å². The molecule has 0 fully saturated rings. The number of nitrogens with zero attached hydrogens (tertiary/aromatic N) is 2. The first-order valence-electron chi connectivity index (χ1n) is 11.4. The van der Waals surface area contributed by atoms with Crippen molar-refractivity contribution in [2.45, 2.75) is 51.3 Å². The topological polar surface area (TPSA) is 119 Å². The number of anilines is 2. The highest BCUT2D eigenvalue weighted by Gasteiger charge is 2.29. The average Bonchev–Trinajstić information content (AvgIpc) is 3.11. The molecule has 0 saturated carbocycles. The van der Waals surface area contributed by atoms with Gasteiger partial charge in [-0.15, -0.1) is 0 Å². The quantitative estimate of drug-likeness (QED) is 0.503. The van der Waals surface area contributed by atoms with Gasteiger partial charge in [-0.1, -0.05) is 31.5 Å². The summed E-state index contributed by atoms with van der Waals surface area (Å²) in [7, 11) is -2.64. The summed E-state index contributed by atoms with van der Waals surface area (Å²) in [5.41, 5.74) is 3.89. The smallest absolute Gasteiger partial charge is 0.265 e. The first kappa shape index (κ1) is 24.5. The van der Waals surface area contributed by atoms with Crippen molar-refractivity contribution in [3.8, 4) is 16.9 Å². The summed E-state index contributed by atoms with van der Waals surface area (Å²) in [5, 5.41) is 7.26. The average molecular weight is 497 g/mol. The highest BCUT2D eigenvalue weighted by atomic mass is 32.2. The number of carbonyl (C=O) groups is 2. The van der Waals surface area contributed by atoms with E-state index >= 15 is 0 Å². The molecular weight excluding hydrogens is 468 g/mol. The van der Waals surface area contributed by atoms with Gasteiger partial charge >= 0.3 is 0 Å². The molecule has 0 bridgehead atoms. The lowest BCUT2D eigenvalue weighted by Crippen LogP contribution is -2.15. The normalized spacial score (nSPS) is 13.7. The molecule has 0 radical (unpaired) electrons. The van der Waals surface area contributed by atoms with E-state index in [4.69, 9.17) is 4.74 Å². The fourth-order valence-electron chi connectivity index (χ4n) is 4.10. The van der Waals surface area contributed by atoms with Gasteiger partial charge in [0, 0.05) is 18.4 Å². The minimum atomic E-state index is -4.04. The van der Waals surface area contributed by atoms with Crippen molar-refractivity contribution in [2.75, 3.05) is 17.1 Å². The van der Waals surface area contributed by atoms with E-state index in [0.717, 1.165) is 17.5 Å². The van der Waals surface area contributed by atoms with E-state index in [1.165, 1.54) is 17.9 Å². The zero-order valence-electron chi connectivity index (χ0n) is 20.1. The standard InChI is InChI=1S/C25H28N4O5S/c1-5-7-19-24(25-26-22(30)12-13-23(31)29(25)27-19)17-10-11-20(34-4)21(14-17)35(32,33)28-18-9-6-8-15(2)16(18)3/h6,8-11,14,28H,5,7,12-13H2,1-4H3,(H,26,30). The van der Waals surface area contributed by atoms with Crippen LogP contribution in [-0.4, -0.2) is 37.1 Å². The van der Waals surface area contributed by atoms with Gasteiger partial charge in [-0.3, -0.25) is 14.3 Å². The molecule has 2 N–H and O–H groups in total. The molecule has 2 heterocycles. The lowest BCUT2D eigenvalue weighted by atomic mass is 10.0. The maximum atomic E-state index is 13.5. The van der Waals surface area contributed by atoms with Crippen LogP contribution in [-0.2, 0) is 21.2 Å². The molecule has 0 atom stereocenters. The second-order valence-electron chi connectivity index (χ2n) is 8.49. The van der Waals surface area contributed by atoms with E-state index in [1.54, 1.807) is 24.3 Å². The number of fused-ring (bicyclic) bond motifs is 1. The van der Waals surface area contributed by atoms with Crippen molar-refractivity contribution < 1.29 is 22.7 Å². The maximum Gasteiger partial charge on any atom is 0.265 e. The predicted molar refractivity (Wildman–Crippen MR) is 133 cm³/mol. The van der Waals surface area contributed by atoms with Crippen LogP contribution in [0.5, 0.6) is 5.75 Å². The van der Waals surface area contributed by atoms with Gasteiger partial charge in [-0.25, -0.2) is 8.42 Å². The Kier molecular flexibility index (Phi) is 6.66. The third-order valence-corrected chi connectivity index (χ3v) is 7.48. The number of carbonyl (C=O) groups excluding carboxylic acids is 2. The molecule has 10 heteroatoms. The largest absolute Gasteiger partial charge is 0.495 e. The molecule has 1 aliphatic rings. The molecule has 35 heavy (non-hydrogen) atoms. The van der Waals surface area contributed by atoms with Gasteiger partial charge in [-0.2, -0.15) is 9.78 Å². The van der Waals surface area contributed by atoms with Crippen LogP contribution in [0, 0.1) is 13.8 Å². The minimum absolute atomic E-state index is 0.0491. The zero-order valence-corrected chi connectivity index (χ0v) is 21.0. The summed E-state index contributed by atoms with van der Waals surface area (Å²) in [6, 6.07) is 10.2. The van der Waals surface area contributed by atoms with Crippen molar-refractivity contribution in [1.82, 2.24) is 9.78 Å². The van der Waals surface area contributed by atoms with Gasteiger partial charge < -0.3 is 10.1 Å². The Morgan fingerprint density at radius 1 is 1.14 bits per heavy atom. The first-order chi connectivity index (χ1) is 16.7. The summed E-state index contributed by atoms with van der Waals surface area (Å²) in [4.78, 5) is 24.9. The lowest BCUT2D eigenvalue weighted by molar-refractivity contribution is -0.116. The van der Waals surface area contributed by atoms with Crippen LogP contribution >= 0.6 is 0 Å². The number of aromatic nitrogens is 2. The van der Waals surface area contributed by atoms with E-state index < -0.39 is 10.0 Å². The van der Waals surface area contributed by atoms with Crippen molar-refractivity contribution >= 4 is 33.3 Å². The Morgan fingerprint density at radius 3 is 2.63 bits per heavy atom. The van der Waals surface area contributed by atoms with E-state index in [1.807, 2.05) is 26.8 Å². The predicted octanol–water partition coefficient (Wildman–Crippen LogP) is 4.30. The summed E-state index contributed by atoms with van der Waals surface area (Å²) >= 11 is 0. The number of sulfonamides is 1. The van der Waals surface area contributed by atoms with Gasteiger partial charge in [0.25, 0.3) is 10.0 Å². The van der Waals surface area contributed by atoms with Crippen molar-refractivity contribution in [3.63, 3.8) is 0 Å². The molecule has 9 nitrogen and oxygen atoms in total. The number of benzene rings is 2. The molecule has 3 aromatic rings. The van der Waals surface area contributed by atoms with Gasteiger partial charge in [0.2, 0.25) is 11.8 Å². The van der Waals surface area contributed by atoms with Crippen LogP contribution < -0.4 is 14.8 Å². The number of methoxy groups -OCH3 is 1. The summed E-state index contributed by atoms with van der Waals surface area (Å²) in [6.45, 7) is 5.73. The number of hydrogen-bond donors (Lipinski definition) is 2. The number of ether oxygens (including phenoxy) is 1. The van der Waals surface area contributed by atoms with Crippen LogP contribution in [0.4, 0.5) is 11.5 Å². The van der Waals surface area contributed by atoms with E-state index in [2.05, 4.69) is 15.1 Å². The number of aryl methyl sites for hydroxylation is 2. The molecule has 1 amide bonds. The molecule has 1 aliphatic heterocycles. The third kappa shape index (κ3) is 4.66. The molecule has 184 valence electrons. The molecule has 0 unspecified atom stereocenters. The van der Waals surface area contributed by atoms with E-state index in [0.29, 0.717) is 28.9 Å². The second-order valence-corrected chi connectivity index (χ2v) is 10.1. The van der Waals surface area contributed by atoms with Crippen LogP contribution in [0.1, 0.15) is 47.8 Å². The second kappa shape index (κ2) is 9.53. The van der Waals surface area contributed by atoms with E-state index in [-0.39, 0.29) is 41.1 Å². The van der Waals surface area contributed by atoms with Crippen LogP contribution in [0.25, 0.3) is 11.1 Å². The van der Waals surface area contributed by atoms with Crippen LogP contribution in [0.2, 0.25) is 0 Å². The summed E-state index contributed by atoms with van der Waals surface area (Å²) in [5.74, 6) is -0.155. The van der Waals surface area contributed by atoms with Crippen LogP contribution in [0.15, 0.2) is 41.3 Å². The Balaban J connectivity index is 1.88. The lowest BCUT2D eigenvalue weighted by Gasteiger charge is -2.16. The Morgan fingerprint density at radius 2 is 1.91 bits per heavy atom. The summed E-state index contributed by atoms with van der Waals surface area (Å²) in [6.07, 6.45) is 1.41. The highest BCUT2D eigenvalue weighted by molar-refractivity contribution is 7.92. The highest BCUT2D eigenvalue weighted by Crippen LogP contribution is 2.38. The zero-order chi connectivity index (χ0) is 25.3. The molecule has 0 spiro atoms. The monoisotopic (exact) mass is 496 g/mol. The van der Waals surface area contributed by atoms with Crippen molar-refractivity contribution in [1.29, 1.82) is 0 Å².